The molecule has 1 saturated heterocycles. The molecule has 1 aliphatic heterocycles. The summed E-state index contributed by atoms with van der Waals surface area (Å²) in [5.41, 5.74) is -1.99. The zero-order valence-corrected chi connectivity index (χ0v) is 19.1. The van der Waals surface area contributed by atoms with Gasteiger partial charge in [-0.2, -0.15) is 13.2 Å². The van der Waals surface area contributed by atoms with Crippen molar-refractivity contribution in [2.75, 3.05) is 26.1 Å². The molecule has 0 aromatic heterocycles. The summed E-state index contributed by atoms with van der Waals surface area (Å²) in [6.45, 7) is 0.796. The fraction of sp³-hybridized carbons (Fsp3) is 0.318. The van der Waals surface area contributed by atoms with Crippen molar-refractivity contribution < 1.29 is 37.0 Å². The van der Waals surface area contributed by atoms with E-state index < -0.39 is 41.7 Å². The van der Waals surface area contributed by atoms with Crippen LogP contribution in [-0.4, -0.2) is 49.0 Å². The number of hydrogen-bond acceptors (Lipinski definition) is 5. The maximum Gasteiger partial charge on any atom is 0.416 e. The van der Waals surface area contributed by atoms with Gasteiger partial charge in [0.15, 0.2) is 11.5 Å². The molecule has 12 heteroatoms. The maximum atomic E-state index is 13.0. The summed E-state index contributed by atoms with van der Waals surface area (Å²) in [6.07, 6.45) is -4.55. The van der Waals surface area contributed by atoms with Crippen LogP contribution < -0.4 is 20.1 Å². The van der Waals surface area contributed by atoms with E-state index in [0.29, 0.717) is 28.0 Å². The van der Waals surface area contributed by atoms with Crippen molar-refractivity contribution in [2.45, 2.75) is 25.1 Å². The summed E-state index contributed by atoms with van der Waals surface area (Å²) >= 11 is 5.89. The molecule has 0 spiro atoms. The molecular weight excluding hydrogens is 479 g/mol. The number of amides is 4. The monoisotopic (exact) mass is 499 g/mol. The number of imide groups is 1. The van der Waals surface area contributed by atoms with Crippen molar-refractivity contribution in [1.29, 1.82) is 0 Å². The van der Waals surface area contributed by atoms with Gasteiger partial charge in [-0.3, -0.25) is 14.5 Å². The van der Waals surface area contributed by atoms with E-state index in [-0.39, 0.29) is 17.1 Å². The number of methoxy groups -OCH3 is 2. The number of halogens is 4. The van der Waals surface area contributed by atoms with Crippen molar-refractivity contribution in [1.82, 2.24) is 10.2 Å². The van der Waals surface area contributed by atoms with E-state index in [1.807, 2.05) is 0 Å². The van der Waals surface area contributed by atoms with E-state index in [4.69, 9.17) is 21.1 Å². The number of carbonyl (C=O) groups excluding carboxylic acids is 3. The molecule has 2 aromatic carbocycles. The predicted molar refractivity (Wildman–Crippen MR) is 117 cm³/mol. The molecule has 1 heterocycles. The van der Waals surface area contributed by atoms with Crippen LogP contribution in [0.3, 0.4) is 0 Å². The summed E-state index contributed by atoms with van der Waals surface area (Å²) in [4.78, 5) is 38.6. The van der Waals surface area contributed by atoms with Crippen LogP contribution >= 0.6 is 11.6 Å². The van der Waals surface area contributed by atoms with Gasteiger partial charge < -0.3 is 20.1 Å². The van der Waals surface area contributed by atoms with Crippen molar-refractivity contribution in [3.63, 3.8) is 0 Å². The highest BCUT2D eigenvalue weighted by molar-refractivity contribution is 6.33. The third kappa shape index (κ3) is 5.19. The number of anilines is 1. The van der Waals surface area contributed by atoms with E-state index >= 15 is 0 Å². The largest absolute Gasteiger partial charge is 0.493 e. The Morgan fingerprint density at radius 3 is 2.41 bits per heavy atom. The lowest BCUT2D eigenvalue weighted by atomic mass is 9.92. The highest BCUT2D eigenvalue weighted by Crippen LogP contribution is 2.34. The Balaban J connectivity index is 1.73. The summed E-state index contributed by atoms with van der Waals surface area (Å²) in [6, 6.07) is 6.66. The molecule has 0 saturated carbocycles. The number of nitrogens with zero attached hydrogens (tertiary/aromatic N) is 1. The van der Waals surface area contributed by atoms with E-state index in [1.54, 1.807) is 18.2 Å². The molecule has 3 rings (SSSR count). The van der Waals surface area contributed by atoms with Crippen molar-refractivity contribution >= 4 is 35.1 Å². The van der Waals surface area contributed by atoms with Crippen LogP contribution in [0.15, 0.2) is 36.4 Å². The Labute approximate surface area is 198 Å². The van der Waals surface area contributed by atoms with Gasteiger partial charge in [0.2, 0.25) is 5.91 Å². The lowest BCUT2D eigenvalue weighted by Gasteiger charge is -2.22. The van der Waals surface area contributed by atoms with Crippen LogP contribution in [0.2, 0.25) is 5.02 Å². The van der Waals surface area contributed by atoms with Crippen LogP contribution in [-0.2, 0) is 22.2 Å². The van der Waals surface area contributed by atoms with Gasteiger partial charge >= 0.3 is 12.2 Å². The average Bonchev–Trinajstić information content (AvgIpc) is 2.97. The zero-order valence-electron chi connectivity index (χ0n) is 18.4. The number of nitrogens with one attached hydrogen (secondary N) is 2. The molecule has 1 fully saturated rings. The molecule has 0 radical (unpaired) electrons. The summed E-state index contributed by atoms with van der Waals surface area (Å²) < 4.78 is 49.3. The summed E-state index contributed by atoms with van der Waals surface area (Å²) in [7, 11) is 2.94. The standard InChI is InChI=1S/C22H21ClF3N3O5/c1-21(10-12-4-7-16(33-2)17(8-12)34-3)19(31)29(20(32)28-21)11-18(30)27-15-9-13(22(24,25)26)5-6-14(15)23/h4-9H,10-11H2,1-3H3,(H,27,30)(H,28,32)/t21-/m0/s1. The predicted octanol–water partition coefficient (Wildman–Crippen LogP) is 3.87. The van der Waals surface area contributed by atoms with Crippen LogP contribution in [0.25, 0.3) is 0 Å². The fourth-order valence-electron chi connectivity index (χ4n) is 3.54. The first-order valence-electron chi connectivity index (χ1n) is 9.89. The summed E-state index contributed by atoms with van der Waals surface area (Å²) in [5, 5.41) is 4.66. The highest BCUT2D eigenvalue weighted by atomic mass is 35.5. The molecule has 182 valence electrons. The Morgan fingerprint density at radius 2 is 1.79 bits per heavy atom. The quantitative estimate of drug-likeness (QED) is 0.564. The van der Waals surface area contributed by atoms with Gasteiger partial charge in [0.25, 0.3) is 5.91 Å². The second-order valence-corrected chi connectivity index (χ2v) is 8.17. The Hall–Kier alpha value is -3.47. The number of ether oxygens (including phenoxy) is 2. The van der Waals surface area contributed by atoms with Crippen molar-refractivity contribution in [2.24, 2.45) is 0 Å². The second kappa shape index (κ2) is 9.41. The first kappa shape index (κ1) is 25.2. The van der Waals surface area contributed by atoms with E-state index in [2.05, 4.69) is 10.6 Å². The smallest absolute Gasteiger partial charge is 0.416 e. The van der Waals surface area contributed by atoms with Gasteiger partial charge in [-0.1, -0.05) is 17.7 Å². The minimum Gasteiger partial charge on any atom is -0.493 e. The van der Waals surface area contributed by atoms with Crippen LogP contribution in [0, 0.1) is 0 Å². The minimum absolute atomic E-state index is 0.0928. The molecule has 0 bridgehead atoms. The summed E-state index contributed by atoms with van der Waals surface area (Å²) in [5.74, 6) is -0.628. The van der Waals surface area contributed by atoms with Gasteiger partial charge in [0, 0.05) is 6.42 Å². The third-order valence-corrected chi connectivity index (χ3v) is 5.55. The number of carbonyl (C=O) groups is 3. The van der Waals surface area contributed by atoms with Gasteiger partial charge in [-0.25, -0.2) is 4.79 Å². The molecule has 8 nitrogen and oxygen atoms in total. The van der Waals surface area contributed by atoms with Crippen molar-refractivity contribution in [3.8, 4) is 11.5 Å². The highest BCUT2D eigenvalue weighted by Gasteiger charge is 2.48. The second-order valence-electron chi connectivity index (χ2n) is 7.76. The Bertz CT molecular complexity index is 1140. The van der Waals surface area contributed by atoms with E-state index in [1.165, 1.54) is 21.1 Å². The molecule has 0 unspecified atom stereocenters. The average molecular weight is 500 g/mol. The van der Waals surface area contributed by atoms with Crippen molar-refractivity contribution in [3.05, 3.63) is 52.5 Å². The molecule has 1 atom stereocenters. The number of hydrogen-bond donors (Lipinski definition) is 2. The molecule has 4 amide bonds. The normalized spacial score (nSPS) is 18.0. The molecule has 34 heavy (non-hydrogen) atoms. The van der Waals surface area contributed by atoms with Gasteiger partial charge in [-0.15, -0.1) is 0 Å². The Morgan fingerprint density at radius 1 is 1.12 bits per heavy atom. The fourth-order valence-corrected chi connectivity index (χ4v) is 3.70. The SMILES string of the molecule is COc1ccc(C[C@]2(C)NC(=O)N(CC(=O)Nc3cc(C(F)(F)F)ccc3Cl)C2=O)cc1OC. The van der Waals surface area contributed by atoms with Crippen LogP contribution in [0.1, 0.15) is 18.1 Å². The third-order valence-electron chi connectivity index (χ3n) is 5.22. The van der Waals surface area contributed by atoms with E-state index in [9.17, 15) is 27.6 Å². The van der Waals surface area contributed by atoms with E-state index in [0.717, 1.165) is 12.1 Å². The van der Waals surface area contributed by atoms with Gasteiger partial charge in [0.05, 0.1) is 30.5 Å². The number of rotatable bonds is 7. The topological polar surface area (TPSA) is 97.0 Å². The molecule has 2 N–H and O–H groups in total. The first-order valence-corrected chi connectivity index (χ1v) is 10.3. The Kier molecular flexibility index (Phi) is 6.97. The number of benzene rings is 2. The number of alkyl halides is 3. The molecule has 1 aliphatic rings. The zero-order chi connectivity index (χ0) is 25.3. The van der Waals surface area contributed by atoms with Crippen LogP contribution in [0.5, 0.6) is 11.5 Å². The number of urea groups is 1. The molecule has 2 aromatic rings. The van der Waals surface area contributed by atoms with Gasteiger partial charge in [-0.05, 0) is 42.8 Å². The maximum absolute atomic E-state index is 13.0. The molecular formula is C22H21ClF3N3O5. The lowest BCUT2D eigenvalue weighted by molar-refractivity contribution is -0.137. The first-order chi connectivity index (χ1) is 15.9. The minimum atomic E-state index is -4.64. The van der Waals surface area contributed by atoms with Gasteiger partial charge in [0.1, 0.15) is 12.1 Å². The molecule has 0 aliphatic carbocycles. The lowest BCUT2D eigenvalue weighted by Crippen LogP contribution is -2.46. The van der Waals surface area contributed by atoms with Crippen LogP contribution in [0.4, 0.5) is 23.7 Å².